The van der Waals surface area contributed by atoms with E-state index in [4.69, 9.17) is 0 Å². The normalized spacial score (nSPS) is 22.4. The Balaban J connectivity index is 1.31. The fourth-order valence-corrected chi connectivity index (χ4v) is 4.42. The van der Waals surface area contributed by atoms with Crippen molar-refractivity contribution >= 4 is 16.9 Å². The minimum atomic E-state index is 0.213. The number of amides is 1. The fourth-order valence-electron chi connectivity index (χ4n) is 4.42. The highest BCUT2D eigenvalue weighted by atomic mass is 16.3. The molecule has 2 aromatic rings. The van der Waals surface area contributed by atoms with Crippen molar-refractivity contribution in [3.63, 3.8) is 0 Å². The van der Waals surface area contributed by atoms with Gasteiger partial charge in [0.15, 0.2) is 0 Å². The van der Waals surface area contributed by atoms with E-state index in [1.807, 2.05) is 33.8 Å². The molecule has 1 aromatic heterocycles. The molecule has 3 heterocycles. The largest absolute Gasteiger partial charge is 0.396 e. The summed E-state index contributed by atoms with van der Waals surface area (Å²) in [5.41, 5.74) is 1.85. The second-order valence-electron chi connectivity index (χ2n) is 7.85. The Hall–Kier alpha value is -1.99. The standard InChI is InChI=1S/C20H29N5O2/c26-15-16-7-11-23(12-8-16)17-4-3-10-24(14-17)20(27)9-13-25-19-6-2-1-5-18(19)21-22-25/h1-2,5-6,16-17,26H,3-4,7-15H2. The van der Waals surface area contributed by atoms with Crippen molar-refractivity contribution in [1.82, 2.24) is 24.8 Å². The first-order valence-electron chi connectivity index (χ1n) is 10.2. The van der Waals surface area contributed by atoms with Crippen LogP contribution >= 0.6 is 0 Å². The first kappa shape index (κ1) is 18.4. The molecular formula is C20H29N5O2. The number of fused-ring (bicyclic) bond motifs is 1. The third-order valence-corrected chi connectivity index (χ3v) is 6.13. The Morgan fingerprint density at radius 2 is 1.96 bits per heavy atom. The number of piperidine rings is 2. The lowest BCUT2D eigenvalue weighted by Crippen LogP contribution is -2.52. The van der Waals surface area contributed by atoms with E-state index in [9.17, 15) is 9.90 Å². The number of aliphatic hydroxyl groups is 1. The molecule has 7 heteroatoms. The molecule has 0 radical (unpaired) electrons. The molecule has 1 unspecified atom stereocenters. The minimum Gasteiger partial charge on any atom is -0.396 e. The smallest absolute Gasteiger partial charge is 0.224 e. The fraction of sp³-hybridized carbons (Fsp3) is 0.650. The van der Waals surface area contributed by atoms with Gasteiger partial charge in [0.1, 0.15) is 5.52 Å². The van der Waals surface area contributed by atoms with Crippen LogP contribution in [-0.2, 0) is 11.3 Å². The van der Waals surface area contributed by atoms with Crippen LogP contribution in [0.15, 0.2) is 24.3 Å². The van der Waals surface area contributed by atoms with Gasteiger partial charge in [0.2, 0.25) is 5.91 Å². The van der Waals surface area contributed by atoms with E-state index in [1.165, 1.54) is 6.42 Å². The number of nitrogens with zero attached hydrogens (tertiary/aromatic N) is 5. The zero-order valence-corrected chi connectivity index (χ0v) is 15.8. The lowest BCUT2D eigenvalue weighted by atomic mass is 9.94. The van der Waals surface area contributed by atoms with Gasteiger partial charge < -0.3 is 10.0 Å². The molecular weight excluding hydrogens is 342 g/mol. The molecule has 0 aliphatic carbocycles. The number of aromatic nitrogens is 3. The number of carbonyl (C=O) groups excluding carboxylic acids is 1. The molecule has 2 aliphatic rings. The number of aliphatic hydroxyl groups excluding tert-OH is 1. The van der Waals surface area contributed by atoms with Crippen molar-refractivity contribution in [2.75, 3.05) is 32.8 Å². The molecule has 1 atom stereocenters. The predicted molar refractivity (Wildman–Crippen MR) is 103 cm³/mol. The second kappa shape index (κ2) is 8.35. The monoisotopic (exact) mass is 371 g/mol. The summed E-state index contributed by atoms with van der Waals surface area (Å²) in [4.78, 5) is 17.3. The maximum atomic E-state index is 12.8. The van der Waals surface area contributed by atoms with Gasteiger partial charge in [-0.25, -0.2) is 4.68 Å². The van der Waals surface area contributed by atoms with Crippen LogP contribution < -0.4 is 0 Å². The molecule has 27 heavy (non-hydrogen) atoms. The van der Waals surface area contributed by atoms with Gasteiger partial charge in [-0.3, -0.25) is 9.69 Å². The Morgan fingerprint density at radius 1 is 1.15 bits per heavy atom. The van der Waals surface area contributed by atoms with E-state index in [0.29, 0.717) is 31.5 Å². The Bertz CT molecular complexity index is 769. The zero-order valence-electron chi connectivity index (χ0n) is 15.8. The Kier molecular flexibility index (Phi) is 5.69. The summed E-state index contributed by atoms with van der Waals surface area (Å²) in [6.07, 6.45) is 4.84. The van der Waals surface area contributed by atoms with Crippen LogP contribution in [0.25, 0.3) is 11.0 Å². The van der Waals surface area contributed by atoms with Crippen LogP contribution in [0.5, 0.6) is 0 Å². The van der Waals surface area contributed by atoms with E-state index < -0.39 is 0 Å². The summed E-state index contributed by atoms with van der Waals surface area (Å²) in [5, 5.41) is 17.7. The highest BCUT2D eigenvalue weighted by molar-refractivity contribution is 5.77. The van der Waals surface area contributed by atoms with E-state index in [2.05, 4.69) is 15.2 Å². The van der Waals surface area contributed by atoms with Gasteiger partial charge in [-0.05, 0) is 56.8 Å². The molecule has 7 nitrogen and oxygen atoms in total. The van der Waals surface area contributed by atoms with Crippen LogP contribution in [0.4, 0.5) is 0 Å². The van der Waals surface area contributed by atoms with Crippen LogP contribution in [0.3, 0.4) is 0 Å². The quantitative estimate of drug-likeness (QED) is 0.863. The number of hydrogen-bond acceptors (Lipinski definition) is 5. The first-order chi connectivity index (χ1) is 13.2. The van der Waals surface area contributed by atoms with Gasteiger partial charge in [-0.15, -0.1) is 5.10 Å². The molecule has 0 spiro atoms. The van der Waals surface area contributed by atoms with Crippen LogP contribution in [0.1, 0.15) is 32.1 Å². The maximum Gasteiger partial charge on any atom is 0.224 e. The number of hydrogen-bond donors (Lipinski definition) is 1. The predicted octanol–water partition coefficient (Wildman–Crippen LogP) is 1.52. The Labute approximate surface area is 159 Å². The third-order valence-electron chi connectivity index (χ3n) is 6.13. The molecule has 4 rings (SSSR count). The number of carbonyl (C=O) groups is 1. The van der Waals surface area contributed by atoms with E-state index in [0.717, 1.165) is 56.5 Å². The molecule has 2 aliphatic heterocycles. The summed E-state index contributed by atoms with van der Waals surface area (Å²) >= 11 is 0. The van der Waals surface area contributed by atoms with Gasteiger partial charge in [-0.1, -0.05) is 17.3 Å². The van der Waals surface area contributed by atoms with Gasteiger partial charge in [0.25, 0.3) is 0 Å². The summed E-state index contributed by atoms with van der Waals surface area (Å²) in [5.74, 6) is 0.671. The summed E-state index contributed by atoms with van der Waals surface area (Å²) < 4.78 is 1.83. The van der Waals surface area contributed by atoms with Crippen molar-refractivity contribution in [1.29, 1.82) is 0 Å². The molecule has 0 saturated carbocycles. The topological polar surface area (TPSA) is 74.5 Å². The lowest BCUT2D eigenvalue weighted by molar-refractivity contribution is -0.133. The summed E-state index contributed by atoms with van der Waals surface area (Å²) in [6.45, 7) is 4.66. The molecule has 1 amide bonds. The van der Waals surface area contributed by atoms with Gasteiger partial charge >= 0.3 is 0 Å². The minimum absolute atomic E-state index is 0.213. The number of aryl methyl sites for hydroxylation is 1. The zero-order chi connectivity index (χ0) is 18.6. The molecule has 2 fully saturated rings. The Morgan fingerprint density at radius 3 is 2.78 bits per heavy atom. The molecule has 146 valence electrons. The van der Waals surface area contributed by atoms with Crippen LogP contribution in [-0.4, -0.2) is 74.6 Å². The highest BCUT2D eigenvalue weighted by Crippen LogP contribution is 2.23. The van der Waals surface area contributed by atoms with Crippen LogP contribution in [0.2, 0.25) is 0 Å². The van der Waals surface area contributed by atoms with Crippen molar-refractivity contribution < 1.29 is 9.90 Å². The SMILES string of the molecule is O=C(CCn1nnc2ccccc21)N1CCCC(N2CCC(CO)CC2)C1. The number of benzene rings is 1. The van der Waals surface area contributed by atoms with Gasteiger partial charge in [0.05, 0.1) is 12.1 Å². The van der Waals surface area contributed by atoms with Crippen molar-refractivity contribution in [3.8, 4) is 0 Å². The summed E-state index contributed by atoms with van der Waals surface area (Å²) in [7, 11) is 0. The van der Waals surface area contributed by atoms with E-state index in [1.54, 1.807) is 0 Å². The average molecular weight is 371 g/mol. The molecule has 0 bridgehead atoms. The van der Waals surface area contributed by atoms with Crippen molar-refractivity contribution in [3.05, 3.63) is 24.3 Å². The summed E-state index contributed by atoms with van der Waals surface area (Å²) in [6, 6.07) is 8.32. The van der Waals surface area contributed by atoms with Gasteiger partial charge in [-0.2, -0.15) is 0 Å². The van der Waals surface area contributed by atoms with E-state index >= 15 is 0 Å². The third kappa shape index (κ3) is 4.14. The second-order valence-corrected chi connectivity index (χ2v) is 7.85. The molecule has 1 N–H and O–H groups in total. The molecule has 2 saturated heterocycles. The molecule has 1 aromatic carbocycles. The highest BCUT2D eigenvalue weighted by Gasteiger charge is 2.30. The average Bonchev–Trinajstić information content (AvgIpc) is 3.15. The first-order valence-corrected chi connectivity index (χ1v) is 10.2. The number of rotatable bonds is 5. The van der Waals surface area contributed by atoms with Gasteiger partial charge in [0, 0.05) is 32.2 Å². The van der Waals surface area contributed by atoms with Crippen LogP contribution in [0, 0.1) is 5.92 Å². The van der Waals surface area contributed by atoms with Crippen molar-refractivity contribution in [2.24, 2.45) is 5.92 Å². The lowest BCUT2D eigenvalue weighted by Gasteiger charge is -2.42. The van der Waals surface area contributed by atoms with Crippen molar-refractivity contribution in [2.45, 2.75) is 44.7 Å². The maximum absolute atomic E-state index is 12.8. The number of likely N-dealkylation sites (tertiary alicyclic amines) is 2. The number of para-hydroxylation sites is 1. The van der Waals surface area contributed by atoms with E-state index in [-0.39, 0.29) is 5.91 Å².